The number of nitrogens with one attached hydrogen (secondary N) is 1. The molecule has 1 heterocycles. The molecule has 3 aliphatic rings. The van der Waals surface area contributed by atoms with Gasteiger partial charge in [0.05, 0.1) is 11.3 Å². The van der Waals surface area contributed by atoms with E-state index in [1.807, 2.05) is 0 Å². The first-order chi connectivity index (χ1) is 18.7. The predicted molar refractivity (Wildman–Crippen MR) is 130 cm³/mol. The normalized spacial score (nSPS) is 20.6. The van der Waals surface area contributed by atoms with Crippen molar-refractivity contribution in [2.75, 3.05) is 11.4 Å². The van der Waals surface area contributed by atoms with Crippen molar-refractivity contribution >= 4 is 23.4 Å². The van der Waals surface area contributed by atoms with Crippen LogP contribution >= 0.6 is 0 Å². The van der Waals surface area contributed by atoms with E-state index >= 15 is 0 Å². The number of benzene rings is 2. The molecule has 0 bridgehead atoms. The van der Waals surface area contributed by atoms with Gasteiger partial charge in [-0.25, -0.2) is 13.2 Å². The third-order valence-electron chi connectivity index (χ3n) is 7.76. The van der Waals surface area contributed by atoms with E-state index < -0.39 is 78.1 Å². The van der Waals surface area contributed by atoms with Crippen LogP contribution in [0.15, 0.2) is 42.5 Å². The van der Waals surface area contributed by atoms with Crippen molar-refractivity contribution in [2.24, 2.45) is 5.92 Å². The number of hydrogen-bond donors (Lipinski definition) is 1. The number of alkyl halides is 5. The van der Waals surface area contributed by atoms with E-state index in [0.29, 0.717) is 5.56 Å². The minimum absolute atomic E-state index is 0.159. The Morgan fingerprint density at radius 3 is 2.25 bits per heavy atom. The van der Waals surface area contributed by atoms with Gasteiger partial charge in [0.2, 0.25) is 11.8 Å². The van der Waals surface area contributed by atoms with Gasteiger partial charge < -0.3 is 10.2 Å². The number of anilines is 1. The molecule has 210 valence electrons. The largest absolute Gasteiger partial charge is 0.416 e. The average molecular weight is 563 g/mol. The quantitative estimate of drug-likeness (QED) is 0.437. The lowest BCUT2D eigenvalue weighted by atomic mass is 9.64. The standard InChI is InChI=1S/C28H23F6N3O3/c1-2-16-5-8-22(21(29)9-16)36-15-23(38)37(14-17-3-6-19(7-4-17)28(32,33)34)26(25(36)40)10-18(11-26)24(39)35-20-12-27(30,31)13-20/h1,3-9,18,20H,10-15H2,(H,35,39). The Morgan fingerprint density at radius 2 is 1.70 bits per heavy atom. The lowest BCUT2D eigenvalue weighted by Crippen LogP contribution is -2.74. The van der Waals surface area contributed by atoms with Gasteiger partial charge in [0.1, 0.15) is 17.9 Å². The average Bonchev–Trinajstić information content (AvgIpc) is 2.84. The molecule has 5 rings (SSSR count). The van der Waals surface area contributed by atoms with Crippen molar-refractivity contribution < 1.29 is 40.7 Å². The molecule has 1 aliphatic heterocycles. The van der Waals surface area contributed by atoms with Crippen LogP contribution in [-0.2, 0) is 27.1 Å². The topological polar surface area (TPSA) is 69.7 Å². The fourth-order valence-corrected chi connectivity index (χ4v) is 5.55. The number of terminal acetylenes is 1. The van der Waals surface area contributed by atoms with Crippen LogP contribution < -0.4 is 10.2 Å². The second-order valence-electron chi connectivity index (χ2n) is 10.5. The number of hydrogen-bond acceptors (Lipinski definition) is 3. The highest BCUT2D eigenvalue weighted by Crippen LogP contribution is 2.48. The Balaban J connectivity index is 1.41. The molecule has 3 amide bonds. The molecule has 0 atom stereocenters. The van der Waals surface area contributed by atoms with Crippen molar-refractivity contribution in [3.05, 3.63) is 65.0 Å². The highest BCUT2D eigenvalue weighted by atomic mass is 19.4. The van der Waals surface area contributed by atoms with Gasteiger partial charge in [-0.05, 0) is 48.7 Å². The number of amides is 3. The maximum atomic E-state index is 14.9. The van der Waals surface area contributed by atoms with Crippen LogP contribution in [-0.4, -0.2) is 46.7 Å². The summed E-state index contributed by atoms with van der Waals surface area (Å²) in [4.78, 5) is 42.2. The van der Waals surface area contributed by atoms with Crippen molar-refractivity contribution in [1.29, 1.82) is 0 Å². The zero-order valence-corrected chi connectivity index (χ0v) is 20.9. The number of rotatable bonds is 5. The van der Waals surface area contributed by atoms with Gasteiger partial charge in [0.25, 0.3) is 11.8 Å². The van der Waals surface area contributed by atoms with Crippen molar-refractivity contribution in [3.63, 3.8) is 0 Å². The SMILES string of the molecule is C#Cc1ccc(N2CC(=O)N(Cc3ccc(C(F)(F)F)cc3)C3(CC(C(=O)NC4CC(F)(F)C4)C3)C2=O)c(F)c1. The van der Waals surface area contributed by atoms with Gasteiger partial charge in [-0.3, -0.25) is 19.3 Å². The molecule has 2 saturated carbocycles. The van der Waals surface area contributed by atoms with E-state index in [4.69, 9.17) is 6.42 Å². The summed E-state index contributed by atoms with van der Waals surface area (Å²) in [6.45, 7) is -0.764. The van der Waals surface area contributed by atoms with Crippen LogP contribution in [0.5, 0.6) is 0 Å². The maximum absolute atomic E-state index is 14.9. The molecule has 3 fully saturated rings. The van der Waals surface area contributed by atoms with Crippen molar-refractivity contribution in [1.82, 2.24) is 10.2 Å². The molecule has 12 heteroatoms. The number of carbonyl (C=O) groups excluding carboxylic acids is 3. The van der Waals surface area contributed by atoms with Gasteiger partial charge in [-0.2, -0.15) is 13.2 Å². The first kappa shape index (κ1) is 27.6. The highest BCUT2D eigenvalue weighted by molar-refractivity contribution is 6.10. The number of halogens is 6. The van der Waals surface area contributed by atoms with E-state index in [2.05, 4.69) is 11.2 Å². The Kier molecular flexibility index (Phi) is 6.59. The zero-order chi connectivity index (χ0) is 29.0. The minimum Gasteiger partial charge on any atom is -0.353 e. The van der Waals surface area contributed by atoms with E-state index in [9.17, 15) is 40.7 Å². The molecular weight excluding hydrogens is 540 g/mol. The third kappa shape index (κ3) is 4.89. The summed E-state index contributed by atoms with van der Waals surface area (Å²) in [7, 11) is 0. The smallest absolute Gasteiger partial charge is 0.353 e. The van der Waals surface area contributed by atoms with Gasteiger partial charge in [0, 0.05) is 36.9 Å². The lowest BCUT2D eigenvalue weighted by Gasteiger charge is -2.56. The summed E-state index contributed by atoms with van der Waals surface area (Å²) in [6, 6.07) is 7.12. The Labute approximate surface area is 225 Å². The second-order valence-corrected chi connectivity index (χ2v) is 10.5. The van der Waals surface area contributed by atoms with Crippen molar-refractivity contribution in [2.45, 2.75) is 55.9 Å². The van der Waals surface area contributed by atoms with Crippen LogP contribution in [0.4, 0.5) is 32.0 Å². The molecule has 0 unspecified atom stereocenters. The first-order valence-corrected chi connectivity index (χ1v) is 12.5. The van der Waals surface area contributed by atoms with Gasteiger partial charge in [0.15, 0.2) is 0 Å². The summed E-state index contributed by atoms with van der Waals surface area (Å²) in [5, 5.41) is 2.54. The van der Waals surface area contributed by atoms with Gasteiger partial charge in [-0.1, -0.05) is 18.1 Å². The fraction of sp³-hybridized carbons (Fsp3) is 0.393. The maximum Gasteiger partial charge on any atom is 0.416 e. The lowest BCUT2D eigenvalue weighted by molar-refractivity contribution is -0.166. The second kappa shape index (κ2) is 9.57. The highest BCUT2D eigenvalue weighted by Gasteiger charge is 2.62. The summed E-state index contributed by atoms with van der Waals surface area (Å²) in [5.74, 6) is -3.99. The summed E-state index contributed by atoms with van der Waals surface area (Å²) in [6.07, 6.45) is -0.559. The van der Waals surface area contributed by atoms with Gasteiger partial charge >= 0.3 is 6.18 Å². The molecule has 1 spiro atoms. The summed E-state index contributed by atoms with van der Waals surface area (Å²) in [5.41, 5.74) is -2.11. The molecule has 2 aromatic rings. The van der Waals surface area contributed by atoms with E-state index in [1.165, 1.54) is 29.2 Å². The monoisotopic (exact) mass is 563 g/mol. The zero-order valence-electron chi connectivity index (χ0n) is 20.9. The van der Waals surface area contributed by atoms with E-state index in [0.717, 1.165) is 23.1 Å². The molecule has 0 radical (unpaired) electrons. The Bertz CT molecular complexity index is 1400. The summed E-state index contributed by atoms with van der Waals surface area (Å²) >= 11 is 0. The number of carbonyl (C=O) groups is 3. The molecule has 6 nitrogen and oxygen atoms in total. The van der Waals surface area contributed by atoms with Crippen molar-refractivity contribution in [3.8, 4) is 12.3 Å². The number of piperazine rings is 1. The first-order valence-electron chi connectivity index (χ1n) is 12.5. The van der Waals surface area contributed by atoms with Crippen LogP contribution in [0.3, 0.4) is 0 Å². The molecule has 0 aromatic heterocycles. The van der Waals surface area contributed by atoms with Crippen LogP contribution in [0.25, 0.3) is 0 Å². The van der Waals surface area contributed by atoms with Crippen LogP contribution in [0.2, 0.25) is 0 Å². The molecule has 40 heavy (non-hydrogen) atoms. The van der Waals surface area contributed by atoms with E-state index in [1.54, 1.807) is 0 Å². The summed E-state index contributed by atoms with van der Waals surface area (Å²) < 4.78 is 80.3. The van der Waals surface area contributed by atoms with E-state index in [-0.39, 0.29) is 30.6 Å². The van der Waals surface area contributed by atoms with Gasteiger partial charge in [-0.15, -0.1) is 6.42 Å². The Hall–Kier alpha value is -4.01. The molecule has 1 N–H and O–H groups in total. The molecule has 2 aromatic carbocycles. The Morgan fingerprint density at radius 1 is 1.05 bits per heavy atom. The predicted octanol–water partition coefficient (Wildman–Crippen LogP) is 4.26. The third-order valence-corrected chi connectivity index (χ3v) is 7.76. The molecular formula is C28H23F6N3O3. The van der Waals surface area contributed by atoms with Crippen LogP contribution in [0.1, 0.15) is 42.4 Å². The molecule has 1 saturated heterocycles. The van der Waals surface area contributed by atoms with Crippen LogP contribution in [0, 0.1) is 24.1 Å². The fourth-order valence-electron chi connectivity index (χ4n) is 5.55. The number of nitrogens with zero attached hydrogens (tertiary/aromatic N) is 2. The minimum atomic E-state index is -4.56. The molecule has 2 aliphatic carbocycles.